The second-order valence-electron chi connectivity index (χ2n) is 6.16. The number of ether oxygens (including phenoxy) is 1. The lowest BCUT2D eigenvalue weighted by atomic mass is 10.1. The summed E-state index contributed by atoms with van der Waals surface area (Å²) in [6, 6.07) is 17.7. The first kappa shape index (κ1) is 20.8. The molecular weight excluding hydrogens is 400 g/mol. The molecule has 0 amide bonds. The Labute approximate surface area is 179 Å². The van der Waals surface area contributed by atoms with Crippen LogP contribution in [0.5, 0.6) is 11.6 Å². The number of benzene rings is 2. The number of aromatic hydroxyl groups is 1. The fourth-order valence-electron chi connectivity index (χ4n) is 2.66. The minimum atomic E-state index is 0.215. The monoisotopic (exact) mass is 422 g/mol. The molecule has 0 bridgehead atoms. The van der Waals surface area contributed by atoms with Gasteiger partial charge in [0.15, 0.2) is 3.95 Å². The zero-order valence-electron chi connectivity index (χ0n) is 16.1. The van der Waals surface area contributed by atoms with E-state index in [0.29, 0.717) is 10.5 Å². The van der Waals surface area contributed by atoms with Crippen LogP contribution in [0.25, 0.3) is 6.08 Å². The van der Waals surface area contributed by atoms with Crippen molar-refractivity contribution >= 4 is 41.5 Å². The minimum absolute atomic E-state index is 0.215. The Hall–Kier alpha value is -2.96. The van der Waals surface area contributed by atoms with E-state index in [1.807, 2.05) is 66.8 Å². The van der Waals surface area contributed by atoms with Gasteiger partial charge in [-0.25, -0.2) is 0 Å². The van der Waals surface area contributed by atoms with E-state index in [-0.39, 0.29) is 5.88 Å². The van der Waals surface area contributed by atoms with Crippen molar-refractivity contribution in [1.82, 2.24) is 4.57 Å². The van der Waals surface area contributed by atoms with Gasteiger partial charge in [-0.2, -0.15) is 0 Å². The quantitative estimate of drug-likeness (QED) is 0.267. The summed E-state index contributed by atoms with van der Waals surface area (Å²) in [4.78, 5) is 5.10. The van der Waals surface area contributed by atoms with Crippen molar-refractivity contribution in [2.45, 2.75) is 13.0 Å². The molecule has 1 N–H and O–H groups in total. The van der Waals surface area contributed by atoms with Gasteiger partial charge >= 0.3 is 0 Å². The largest absolute Gasteiger partial charge is 0.497 e. The molecule has 0 saturated heterocycles. The van der Waals surface area contributed by atoms with Crippen LogP contribution < -0.4 is 4.74 Å². The van der Waals surface area contributed by atoms with E-state index in [1.165, 1.54) is 16.9 Å². The third kappa shape index (κ3) is 6.01. The summed E-state index contributed by atoms with van der Waals surface area (Å²) in [6.07, 6.45) is 9.96. The zero-order chi connectivity index (χ0) is 20.5. The number of aromatic nitrogens is 1. The lowest BCUT2D eigenvalue weighted by Crippen LogP contribution is -2.00. The van der Waals surface area contributed by atoms with E-state index in [4.69, 9.17) is 17.0 Å². The van der Waals surface area contributed by atoms with Gasteiger partial charge in [0.05, 0.1) is 17.7 Å². The van der Waals surface area contributed by atoms with Gasteiger partial charge in [-0.1, -0.05) is 42.5 Å². The summed E-state index contributed by atoms with van der Waals surface area (Å²) >= 11 is 6.81. The van der Waals surface area contributed by atoms with Gasteiger partial charge in [0, 0.05) is 12.8 Å². The number of hydrogen-bond acceptors (Lipinski definition) is 5. The van der Waals surface area contributed by atoms with E-state index in [2.05, 4.69) is 17.1 Å². The maximum Gasteiger partial charge on any atom is 0.210 e. The Kier molecular flexibility index (Phi) is 7.55. The first-order valence-electron chi connectivity index (χ1n) is 9.15. The fraction of sp³-hybridized carbons (Fsp3) is 0.130. The van der Waals surface area contributed by atoms with Crippen molar-refractivity contribution in [3.63, 3.8) is 0 Å². The smallest absolute Gasteiger partial charge is 0.210 e. The Morgan fingerprint density at radius 3 is 2.55 bits per heavy atom. The molecular formula is C23H22N2O2S2. The highest BCUT2D eigenvalue weighted by Crippen LogP contribution is 2.27. The number of hydrogen-bond donors (Lipinski definition) is 1. The van der Waals surface area contributed by atoms with Crippen molar-refractivity contribution < 1.29 is 9.84 Å². The molecule has 6 heteroatoms. The number of methoxy groups -OCH3 is 1. The van der Waals surface area contributed by atoms with Gasteiger partial charge in [-0.15, -0.1) is 11.3 Å². The number of rotatable bonds is 8. The molecule has 0 fully saturated rings. The van der Waals surface area contributed by atoms with Crippen LogP contribution in [0.4, 0.5) is 5.69 Å². The molecule has 0 unspecified atom stereocenters. The van der Waals surface area contributed by atoms with Gasteiger partial charge in [0.1, 0.15) is 5.75 Å². The van der Waals surface area contributed by atoms with E-state index >= 15 is 0 Å². The fourth-order valence-corrected chi connectivity index (χ4v) is 3.93. The summed E-state index contributed by atoms with van der Waals surface area (Å²) < 4.78 is 7.57. The molecule has 0 spiro atoms. The van der Waals surface area contributed by atoms with E-state index in [0.717, 1.165) is 22.7 Å². The summed E-state index contributed by atoms with van der Waals surface area (Å²) in [5.74, 6) is 1.02. The minimum Gasteiger partial charge on any atom is -0.497 e. The molecule has 0 aliphatic heterocycles. The molecule has 0 saturated carbocycles. The maximum absolute atomic E-state index is 10.5. The van der Waals surface area contributed by atoms with Gasteiger partial charge in [0.2, 0.25) is 5.88 Å². The van der Waals surface area contributed by atoms with Gasteiger partial charge in [-0.05, 0) is 60.6 Å². The van der Waals surface area contributed by atoms with Crippen LogP contribution in [-0.4, -0.2) is 23.0 Å². The molecule has 148 valence electrons. The molecule has 3 aromatic rings. The van der Waals surface area contributed by atoms with Crippen LogP contribution in [-0.2, 0) is 13.0 Å². The highest BCUT2D eigenvalue weighted by Gasteiger charge is 2.09. The van der Waals surface area contributed by atoms with Gasteiger partial charge in [-0.3, -0.25) is 9.56 Å². The average Bonchev–Trinajstić information content (AvgIpc) is 3.03. The number of aryl methyl sites for hydroxylation is 1. The Morgan fingerprint density at radius 1 is 1.07 bits per heavy atom. The first-order chi connectivity index (χ1) is 14.2. The molecule has 3 rings (SSSR count). The molecule has 0 aliphatic rings. The van der Waals surface area contributed by atoms with Gasteiger partial charge in [0.25, 0.3) is 0 Å². The standard InChI is InChI=1S/C23H22N2O2S2/c1-27-20-13-11-19(12-14-20)24-16-7-3-6-10-21-22(26)25(23(28)29-21)17-15-18-8-4-2-5-9-18/h2-14,16,26H,15,17H2,1H3/b7-3+,10-6+,24-16?. The first-order valence-corrected chi connectivity index (χ1v) is 10.4. The van der Waals surface area contributed by atoms with E-state index in [9.17, 15) is 5.11 Å². The summed E-state index contributed by atoms with van der Waals surface area (Å²) in [7, 11) is 1.64. The van der Waals surface area contributed by atoms with Crippen molar-refractivity contribution in [3.05, 3.63) is 87.2 Å². The topological polar surface area (TPSA) is 46.8 Å². The van der Waals surface area contributed by atoms with Crippen LogP contribution >= 0.6 is 23.6 Å². The molecule has 1 aromatic heterocycles. The second-order valence-corrected chi connectivity index (χ2v) is 7.84. The van der Waals surface area contributed by atoms with Crippen molar-refractivity contribution in [1.29, 1.82) is 0 Å². The molecule has 29 heavy (non-hydrogen) atoms. The third-order valence-electron chi connectivity index (χ3n) is 4.21. The highest BCUT2D eigenvalue weighted by molar-refractivity contribution is 7.73. The number of thiazole rings is 1. The predicted molar refractivity (Wildman–Crippen MR) is 124 cm³/mol. The lowest BCUT2D eigenvalue weighted by molar-refractivity contribution is 0.414. The Bertz CT molecular complexity index is 1060. The van der Waals surface area contributed by atoms with Crippen LogP contribution in [0.3, 0.4) is 0 Å². The summed E-state index contributed by atoms with van der Waals surface area (Å²) in [5, 5.41) is 10.5. The van der Waals surface area contributed by atoms with E-state index in [1.54, 1.807) is 17.9 Å². The Morgan fingerprint density at radius 2 is 1.83 bits per heavy atom. The molecule has 1 heterocycles. The molecule has 4 nitrogen and oxygen atoms in total. The molecule has 0 radical (unpaired) electrons. The zero-order valence-corrected chi connectivity index (χ0v) is 17.7. The average molecular weight is 423 g/mol. The van der Waals surface area contributed by atoms with Crippen LogP contribution in [0.1, 0.15) is 10.4 Å². The second kappa shape index (κ2) is 10.5. The predicted octanol–water partition coefficient (Wildman–Crippen LogP) is 6.21. The number of aliphatic imine (C=N–C) groups is 1. The summed E-state index contributed by atoms with van der Waals surface area (Å²) in [6.45, 7) is 0.656. The molecule has 2 aromatic carbocycles. The molecule has 0 aliphatic carbocycles. The third-order valence-corrected chi connectivity index (χ3v) is 5.62. The Balaban J connectivity index is 1.58. The van der Waals surface area contributed by atoms with Crippen LogP contribution in [0.2, 0.25) is 0 Å². The molecule has 0 atom stereocenters. The van der Waals surface area contributed by atoms with Crippen molar-refractivity contribution in [3.8, 4) is 11.6 Å². The highest BCUT2D eigenvalue weighted by atomic mass is 32.1. The van der Waals surface area contributed by atoms with Crippen molar-refractivity contribution in [2.24, 2.45) is 4.99 Å². The maximum atomic E-state index is 10.5. The van der Waals surface area contributed by atoms with E-state index < -0.39 is 0 Å². The SMILES string of the molecule is COc1ccc(N=C/C=C/C=C/c2sc(=S)n(CCc3ccccc3)c2O)cc1. The van der Waals surface area contributed by atoms with Crippen molar-refractivity contribution in [2.75, 3.05) is 7.11 Å². The van der Waals surface area contributed by atoms with Gasteiger partial charge < -0.3 is 9.84 Å². The lowest BCUT2D eigenvalue weighted by Gasteiger charge is -2.04. The van der Waals surface area contributed by atoms with Crippen LogP contribution in [0.15, 0.2) is 77.8 Å². The normalized spacial score (nSPS) is 11.8. The van der Waals surface area contributed by atoms with Crippen LogP contribution in [0, 0.1) is 3.95 Å². The number of allylic oxidation sites excluding steroid dienone is 3. The number of nitrogens with zero attached hydrogens (tertiary/aromatic N) is 2. The summed E-state index contributed by atoms with van der Waals surface area (Å²) in [5.41, 5.74) is 2.07.